The highest BCUT2D eigenvalue weighted by molar-refractivity contribution is 9.10. The number of fused-ring (bicyclic) bond motifs is 2. The van der Waals surface area contributed by atoms with Gasteiger partial charge >= 0.3 is 0 Å². The summed E-state index contributed by atoms with van der Waals surface area (Å²) < 4.78 is 12.0. The van der Waals surface area contributed by atoms with Crippen molar-refractivity contribution in [1.29, 1.82) is 0 Å². The van der Waals surface area contributed by atoms with E-state index in [2.05, 4.69) is 33.1 Å². The van der Waals surface area contributed by atoms with E-state index in [1.807, 2.05) is 12.1 Å². The van der Waals surface area contributed by atoms with Gasteiger partial charge < -0.3 is 9.15 Å². The number of aryl methyl sites for hydroxylation is 1. The number of anilines is 1. The van der Waals surface area contributed by atoms with Gasteiger partial charge in [-0.1, -0.05) is 46.3 Å². The summed E-state index contributed by atoms with van der Waals surface area (Å²) in [6, 6.07) is 11.8. The summed E-state index contributed by atoms with van der Waals surface area (Å²) in [6.45, 7) is 2.06. The van der Waals surface area contributed by atoms with Gasteiger partial charge in [-0.25, -0.2) is 0 Å². The van der Waals surface area contributed by atoms with E-state index in [0.717, 1.165) is 27.9 Å². The number of rotatable bonds is 5. The molecule has 162 valence electrons. The number of amides is 1. The summed E-state index contributed by atoms with van der Waals surface area (Å²) in [5.41, 5.74) is 1.19. The van der Waals surface area contributed by atoms with Crippen molar-refractivity contribution in [1.82, 2.24) is 10.2 Å². The Morgan fingerprint density at radius 2 is 1.94 bits per heavy atom. The monoisotopic (exact) mass is 511 g/mol. The third kappa shape index (κ3) is 3.32. The topological polar surface area (TPSA) is 85.5 Å². The highest BCUT2D eigenvalue weighted by atomic mass is 79.9. The van der Waals surface area contributed by atoms with E-state index >= 15 is 0 Å². The van der Waals surface area contributed by atoms with Crippen LogP contribution in [0.3, 0.4) is 0 Å². The summed E-state index contributed by atoms with van der Waals surface area (Å²) in [5, 5.41) is 10.2. The number of halogens is 1. The second-order valence-corrected chi connectivity index (χ2v) is 9.35. The molecule has 2 aromatic carbocycles. The first kappa shape index (κ1) is 20.8. The molecule has 7 nitrogen and oxygen atoms in total. The van der Waals surface area contributed by atoms with Crippen molar-refractivity contribution in [3.8, 4) is 5.75 Å². The number of carbonyl (C=O) groups excluding carboxylic acids is 1. The van der Waals surface area contributed by atoms with Crippen molar-refractivity contribution in [3.63, 3.8) is 0 Å². The van der Waals surface area contributed by atoms with Gasteiger partial charge in [0.05, 0.1) is 24.1 Å². The van der Waals surface area contributed by atoms with E-state index in [-0.39, 0.29) is 11.2 Å². The van der Waals surface area contributed by atoms with Gasteiger partial charge in [0.15, 0.2) is 5.43 Å². The predicted octanol–water partition coefficient (Wildman–Crippen LogP) is 5.12. The van der Waals surface area contributed by atoms with E-state index in [1.54, 1.807) is 37.4 Å². The van der Waals surface area contributed by atoms with Gasteiger partial charge in [-0.15, -0.1) is 10.2 Å². The second kappa shape index (κ2) is 8.14. The Hall–Kier alpha value is -3.04. The Labute approximate surface area is 195 Å². The average Bonchev–Trinajstić information content (AvgIpc) is 3.37. The van der Waals surface area contributed by atoms with E-state index in [4.69, 9.17) is 9.15 Å². The summed E-state index contributed by atoms with van der Waals surface area (Å²) in [4.78, 5) is 28.6. The smallest absolute Gasteiger partial charge is 0.297 e. The van der Waals surface area contributed by atoms with Crippen molar-refractivity contribution in [2.45, 2.75) is 25.8 Å². The molecule has 1 atom stereocenters. The highest BCUT2D eigenvalue weighted by Crippen LogP contribution is 2.42. The number of hydrogen-bond acceptors (Lipinski definition) is 7. The van der Waals surface area contributed by atoms with Crippen LogP contribution in [0.4, 0.5) is 5.13 Å². The van der Waals surface area contributed by atoms with Crippen LogP contribution in [-0.2, 0) is 6.42 Å². The molecule has 0 N–H and O–H groups in total. The van der Waals surface area contributed by atoms with Gasteiger partial charge in [0, 0.05) is 10.9 Å². The molecule has 5 rings (SSSR count). The highest BCUT2D eigenvalue weighted by Gasteiger charge is 2.45. The summed E-state index contributed by atoms with van der Waals surface area (Å²) in [7, 11) is 1.59. The first-order valence-corrected chi connectivity index (χ1v) is 11.7. The molecule has 1 aliphatic heterocycles. The summed E-state index contributed by atoms with van der Waals surface area (Å²) in [6.07, 6.45) is 1.69. The van der Waals surface area contributed by atoms with Gasteiger partial charge in [0.2, 0.25) is 10.9 Å². The standard InChI is InChI=1S/C23H18BrN3O4S/c1-3-4-17-25-26-23(32-17)27-19(12-5-8-14(30-2)9-6-12)18-20(28)15-11-13(24)7-10-16(15)31-21(18)22(27)29/h5-11,19H,3-4H2,1-2H3. The quantitative estimate of drug-likeness (QED) is 0.369. The zero-order valence-corrected chi connectivity index (χ0v) is 19.7. The number of nitrogens with zero attached hydrogens (tertiary/aromatic N) is 3. The fraction of sp³-hybridized carbons (Fsp3) is 0.217. The number of carbonyl (C=O) groups is 1. The maximum atomic E-state index is 13.6. The Bertz CT molecular complexity index is 1400. The first-order chi connectivity index (χ1) is 15.5. The molecular weight excluding hydrogens is 494 g/mol. The van der Waals surface area contributed by atoms with E-state index in [0.29, 0.717) is 27.4 Å². The molecule has 9 heteroatoms. The van der Waals surface area contributed by atoms with Crippen LogP contribution in [0.15, 0.2) is 56.1 Å². The summed E-state index contributed by atoms with van der Waals surface area (Å²) >= 11 is 4.77. The molecule has 1 aliphatic rings. The van der Waals surface area contributed by atoms with Gasteiger partial charge in [-0.3, -0.25) is 14.5 Å². The molecular formula is C23H18BrN3O4S. The molecule has 1 amide bonds. The number of ether oxygens (including phenoxy) is 1. The van der Waals surface area contributed by atoms with Gasteiger partial charge in [0.1, 0.15) is 16.3 Å². The number of hydrogen-bond donors (Lipinski definition) is 0. The van der Waals surface area contributed by atoms with Crippen molar-refractivity contribution in [3.05, 3.63) is 79.1 Å². The fourth-order valence-corrected chi connectivity index (χ4v) is 5.23. The Kier molecular flexibility index (Phi) is 5.30. The van der Waals surface area contributed by atoms with E-state index in [1.165, 1.54) is 16.2 Å². The lowest BCUT2D eigenvalue weighted by Gasteiger charge is -2.22. The number of methoxy groups -OCH3 is 1. The lowest BCUT2D eigenvalue weighted by atomic mass is 9.98. The van der Waals surface area contributed by atoms with Gasteiger partial charge in [-0.05, 0) is 42.3 Å². The van der Waals surface area contributed by atoms with Crippen LogP contribution in [0.1, 0.15) is 46.1 Å². The lowest BCUT2D eigenvalue weighted by Crippen LogP contribution is -2.29. The van der Waals surface area contributed by atoms with Crippen LogP contribution in [0, 0.1) is 0 Å². The Morgan fingerprint density at radius 3 is 2.66 bits per heavy atom. The zero-order valence-electron chi connectivity index (χ0n) is 17.3. The van der Waals surface area contributed by atoms with Crippen molar-refractivity contribution in [2.75, 3.05) is 12.0 Å². The molecule has 0 saturated heterocycles. The normalized spacial score (nSPS) is 15.4. The molecule has 0 spiro atoms. The van der Waals surface area contributed by atoms with Crippen LogP contribution in [0.25, 0.3) is 11.0 Å². The summed E-state index contributed by atoms with van der Waals surface area (Å²) in [5.74, 6) is 0.320. The SMILES string of the molecule is CCCc1nnc(N2C(=O)c3oc4ccc(Br)cc4c(=O)c3C2c2ccc(OC)cc2)s1. The fourth-order valence-electron chi connectivity index (χ4n) is 3.90. The van der Waals surface area contributed by atoms with Crippen LogP contribution in [-0.4, -0.2) is 23.2 Å². The molecule has 3 heterocycles. The lowest BCUT2D eigenvalue weighted by molar-refractivity contribution is 0.0970. The molecule has 0 fully saturated rings. The number of benzene rings is 2. The molecule has 32 heavy (non-hydrogen) atoms. The molecule has 0 bridgehead atoms. The Morgan fingerprint density at radius 1 is 1.16 bits per heavy atom. The third-order valence-corrected chi connectivity index (χ3v) is 6.87. The maximum Gasteiger partial charge on any atom is 0.297 e. The third-order valence-electron chi connectivity index (χ3n) is 5.39. The van der Waals surface area contributed by atoms with E-state index in [9.17, 15) is 9.59 Å². The zero-order chi connectivity index (χ0) is 22.4. The molecule has 4 aromatic rings. The number of aromatic nitrogens is 2. The predicted molar refractivity (Wildman–Crippen MR) is 126 cm³/mol. The first-order valence-electron chi connectivity index (χ1n) is 10.1. The second-order valence-electron chi connectivity index (χ2n) is 7.39. The minimum absolute atomic E-state index is 0.0397. The van der Waals surface area contributed by atoms with Crippen molar-refractivity contribution in [2.24, 2.45) is 0 Å². The Balaban J connectivity index is 1.75. The molecule has 1 unspecified atom stereocenters. The van der Waals surface area contributed by atoms with E-state index < -0.39 is 11.9 Å². The van der Waals surface area contributed by atoms with Crippen LogP contribution >= 0.6 is 27.3 Å². The molecule has 0 aliphatic carbocycles. The average molecular weight is 512 g/mol. The van der Waals surface area contributed by atoms with Crippen molar-refractivity contribution < 1.29 is 13.9 Å². The van der Waals surface area contributed by atoms with Crippen LogP contribution in [0.2, 0.25) is 0 Å². The van der Waals surface area contributed by atoms with Crippen LogP contribution in [0.5, 0.6) is 5.75 Å². The molecule has 2 aromatic heterocycles. The largest absolute Gasteiger partial charge is 0.497 e. The molecule has 0 radical (unpaired) electrons. The minimum Gasteiger partial charge on any atom is -0.497 e. The van der Waals surface area contributed by atoms with Crippen molar-refractivity contribution >= 4 is 49.3 Å². The molecule has 0 saturated carbocycles. The van der Waals surface area contributed by atoms with Gasteiger partial charge in [0.25, 0.3) is 5.91 Å². The minimum atomic E-state index is -0.675. The maximum absolute atomic E-state index is 13.6. The van der Waals surface area contributed by atoms with Crippen LogP contribution < -0.4 is 15.1 Å². The van der Waals surface area contributed by atoms with Gasteiger partial charge in [-0.2, -0.15) is 0 Å².